The molecule has 1 aliphatic rings. The monoisotopic (exact) mass is 730 g/mol. The van der Waals surface area contributed by atoms with Crippen molar-refractivity contribution in [3.05, 3.63) is 142 Å². The average molecular weight is 731 g/mol. The van der Waals surface area contributed by atoms with E-state index in [2.05, 4.69) is 64.2 Å². The van der Waals surface area contributed by atoms with Gasteiger partial charge in [0, 0.05) is 5.57 Å². The van der Waals surface area contributed by atoms with E-state index in [9.17, 15) is 25.2 Å². The average Bonchev–Trinajstić information content (AvgIpc) is 3.09. The minimum Gasteiger partial charge on any atom is -0.394 e. The Bertz CT molecular complexity index is 1500. The Hall–Kier alpha value is -3.69. The molecule has 0 aliphatic carbocycles. The second kappa shape index (κ2) is 26.1. The van der Waals surface area contributed by atoms with Crippen LogP contribution >= 0.6 is 0 Å². The van der Waals surface area contributed by atoms with Crippen LogP contribution in [0.5, 0.6) is 0 Å². The lowest BCUT2D eigenvalue weighted by Crippen LogP contribution is -2.60. The summed E-state index contributed by atoms with van der Waals surface area (Å²) in [5, 5.41) is 39.7. The second-order valence-corrected chi connectivity index (χ2v) is 14.6. The molecule has 0 unspecified atom stereocenters. The lowest BCUT2D eigenvalue weighted by atomic mass is 9.96. The van der Waals surface area contributed by atoms with Crippen LogP contribution in [0.15, 0.2) is 142 Å². The van der Waals surface area contributed by atoms with Crippen molar-refractivity contribution in [2.45, 2.75) is 131 Å². The molecule has 0 aromatic heterocycles. The van der Waals surface area contributed by atoms with Crippen molar-refractivity contribution in [2.24, 2.45) is 0 Å². The molecule has 1 heterocycles. The molecule has 1 rings (SSSR count). The molecule has 1 saturated heterocycles. The molecular formula is C46H66O7. The molecule has 0 saturated carbocycles. The lowest BCUT2D eigenvalue weighted by Gasteiger charge is -2.42. The third kappa shape index (κ3) is 21.6. The molecule has 0 radical (unpaired) electrons. The fourth-order valence-electron chi connectivity index (χ4n) is 5.15. The topological polar surface area (TPSA) is 116 Å². The highest BCUT2D eigenvalue weighted by molar-refractivity contribution is 5.78. The SMILES string of the molecule is CC(C)=CCC/C(C)=C/C=C/C(C)=C/C=C/C(C=O)=C/C=C/C=C(C)/C=C/C=C(C)/C=C/C=C(\C)CCCC(C)(C)O[C@@H]1O[C@H](CO)[C@@H](O)[C@H](O)[C@H]1O. The summed E-state index contributed by atoms with van der Waals surface area (Å²) in [6.45, 7) is 17.9. The molecule has 292 valence electrons. The van der Waals surface area contributed by atoms with Gasteiger partial charge in [-0.1, -0.05) is 137 Å². The van der Waals surface area contributed by atoms with Gasteiger partial charge in [-0.3, -0.25) is 4.79 Å². The van der Waals surface area contributed by atoms with Gasteiger partial charge in [0.05, 0.1) is 12.2 Å². The van der Waals surface area contributed by atoms with E-state index in [0.717, 1.165) is 48.7 Å². The molecule has 1 aliphatic heterocycles. The van der Waals surface area contributed by atoms with E-state index in [0.29, 0.717) is 12.0 Å². The van der Waals surface area contributed by atoms with Gasteiger partial charge in [-0.25, -0.2) is 0 Å². The maximum atomic E-state index is 11.5. The number of hydrogen-bond donors (Lipinski definition) is 4. The third-order valence-electron chi connectivity index (χ3n) is 8.47. The molecule has 4 N–H and O–H groups in total. The van der Waals surface area contributed by atoms with Crippen molar-refractivity contribution >= 4 is 6.29 Å². The number of ether oxygens (including phenoxy) is 2. The third-order valence-corrected chi connectivity index (χ3v) is 8.47. The summed E-state index contributed by atoms with van der Waals surface area (Å²) in [4.78, 5) is 11.5. The first-order valence-corrected chi connectivity index (χ1v) is 18.6. The summed E-state index contributed by atoms with van der Waals surface area (Å²) in [7, 11) is 0. The van der Waals surface area contributed by atoms with Crippen LogP contribution in [-0.4, -0.2) is 69.6 Å². The Morgan fingerprint density at radius 1 is 0.660 bits per heavy atom. The van der Waals surface area contributed by atoms with Crippen molar-refractivity contribution in [3.8, 4) is 0 Å². The first-order valence-electron chi connectivity index (χ1n) is 18.6. The van der Waals surface area contributed by atoms with Gasteiger partial charge in [0.1, 0.15) is 30.7 Å². The largest absolute Gasteiger partial charge is 0.394 e. The zero-order chi connectivity index (χ0) is 39.8. The molecule has 0 bridgehead atoms. The van der Waals surface area contributed by atoms with Gasteiger partial charge >= 0.3 is 0 Å². The Labute approximate surface area is 319 Å². The fraction of sp³-hybridized carbons (Fsp3) is 0.457. The molecule has 0 amide bonds. The zero-order valence-corrected chi connectivity index (χ0v) is 33.5. The van der Waals surface area contributed by atoms with E-state index in [-0.39, 0.29) is 0 Å². The first-order chi connectivity index (χ1) is 25.1. The molecule has 0 aromatic carbocycles. The molecule has 1 fully saturated rings. The fourth-order valence-corrected chi connectivity index (χ4v) is 5.15. The Balaban J connectivity index is 2.56. The summed E-state index contributed by atoms with van der Waals surface area (Å²) in [6, 6.07) is 0. The lowest BCUT2D eigenvalue weighted by molar-refractivity contribution is -0.323. The minimum absolute atomic E-state index is 0.488. The van der Waals surface area contributed by atoms with Crippen molar-refractivity contribution in [3.63, 3.8) is 0 Å². The molecule has 0 spiro atoms. The van der Waals surface area contributed by atoms with Crippen LogP contribution in [0, 0.1) is 0 Å². The Morgan fingerprint density at radius 2 is 1.17 bits per heavy atom. The van der Waals surface area contributed by atoms with Crippen molar-refractivity contribution in [1.29, 1.82) is 0 Å². The van der Waals surface area contributed by atoms with Crippen LogP contribution in [0.1, 0.15) is 94.4 Å². The first kappa shape index (κ1) is 47.3. The highest BCUT2D eigenvalue weighted by Crippen LogP contribution is 2.28. The molecular weight excluding hydrogens is 664 g/mol. The van der Waals surface area contributed by atoms with Crippen molar-refractivity contribution in [1.82, 2.24) is 0 Å². The van der Waals surface area contributed by atoms with Gasteiger partial charge < -0.3 is 29.9 Å². The number of allylic oxidation sites excluding steroid dienone is 24. The summed E-state index contributed by atoms with van der Waals surface area (Å²) in [5.41, 5.74) is 7.13. The number of carbonyl (C=O) groups excluding carboxylic acids is 1. The van der Waals surface area contributed by atoms with E-state index >= 15 is 0 Å². The molecule has 53 heavy (non-hydrogen) atoms. The predicted octanol–water partition coefficient (Wildman–Crippen LogP) is 9.14. The van der Waals surface area contributed by atoms with Gasteiger partial charge in [-0.05, 0) is 94.4 Å². The van der Waals surface area contributed by atoms with Gasteiger partial charge in [-0.15, -0.1) is 0 Å². The van der Waals surface area contributed by atoms with Crippen LogP contribution in [0.3, 0.4) is 0 Å². The number of aliphatic hydroxyl groups is 4. The van der Waals surface area contributed by atoms with Crippen molar-refractivity contribution in [2.75, 3.05) is 6.61 Å². The minimum atomic E-state index is -1.46. The van der Waals surface area contributed by atoms with Crippen LogP contribution in [0.4, 0.5) is 0 Å². The highest BCUT2D eigenvalue weighted by atomic mass is 16.7. The Morgan fingerprint density at radius 3 is 1.72 bits per heavy atom. The number of rotatable bonds is 21. The summed E-state index contributed by atoms with van der Waals surface area (Å²) in [6.07, 6.45) is 33.0. The quantitative estimate of drug-likeness (QED) is 0.0403. The van der Waals surface area contributed by atoms with Gasteiger partial charge in [0.25, 0.3) is 0 Å². The van der Waals surface area contributed by atoms with Crippen LogP contribution in [0.2, 0.25) is 0 Å². The summed E-state index contributed by atoms with van der Waals surface area (Å²) >= 11 is 0. The molecule has 5 atom stereocenters. The van der Waals surface area contributed by atoms with Crippen LogP contribution < -0.4 is 0 Å². The Kier molecular flexibility index (Phi) is 23.3. The molecule has 0 aromatic rings. The van der Waals surface area contributed by atoms with E-state index in [4.69, 9.17) is 9.47 Å². The van der Waals surface area contributed by atoms with E-state index in [1.54, 1.807) is 12.2 Å². The zero-order valence-electron chi connectivity index (χ0n) is 33.5. The summed E-state index contributed by atoms with van der Waals surface area (Å²) in [5.74, 6) is 0. The van der Waals surface area contributed by atoms with Crippen LogP contribution in [-0.2, 0) is 14.3 Å². The van der Waals surface area contributed by atoms with Crippen LogP contribution in [0.25, 0.3) is 0 Å². The van der Waals surface area contributed by atoms with Gasteiger partial charge in [-0.2, -0.15) is 0 Å². The molecule has 7 heteroatoms. The number of hydrogen-bond acceptors (Lipinski definition) is 7. The van der Waals surface area contributed by atoms with E-state index in [1.165, 1.54) is 16.7 Å². The number of aliphatic hydroxyl groups excluding tert-OH is 4. The number of carbonyl (C=O) groups is 1. The molecule has 7 nitrogen and oxygen atoms in total. The van der Waals surface area contributed by atoms with E-state index in [1.807, 2.05) is 89.3 Å². The summed E-state index contributed by atoms with van der Waals surface area (Å²) < 4.78 is 11.4. The van der Waals surface area contributed by atoms with Crippen molar-refractivity contribution < 1.29 is 34.7 Å². The predicted molar refractivity (Wildman–Crippen MR) is 220 cm³/mol. The van der Waals surface area contributed by atoms with E-state index < -0.39 is 42.9 Å². The number of aldehydes is 1. The maximum Gasteiger partial charge on any atom is 0.187 e. The highest BCUT2D eigenvalue weighted by Gasteiger charge is 2.45. The second-order valence-electron chi connectivity index (χ2n) is 14.6. The normalized spacial score (nSPS) is 23.5. The smallest absolute Gasteiger partial charge is 0.187 e. The maximum absolute atomic E-state index is 11.5. The van der Waals surface area contributed by atoms with Gasteiger partial charge in [0.15, 0.2) is 6.29 Å². The van der Waals surface area contributed by atoms with Gasteiger partial charge in [0.2, 0.25) is 0 Å². The standard InChI is InChI=1S/C46H66O7/c1-34(2)18-12-20-36(4)22-14-25-38(6)27-16-30-40(32-47)29-11-10-19-35(3)21-13-23-37(5)24-15-26-39(7)28-17-31-46(8,9)53-45-44(51)43(50)42(49)41(33-48)52-45/h10-11,13-16,18-19,21-27,29-30,32,41-45,48-51H,12,17,20,28,31,33H2,1-9H3/b11-10+,21-13+,24-15+,25-14+,30-16+,35-19+,36-22+,37-23+,38-27+,39-26+,40-29-/t41-,42-,43+,44-,45+/m1/s1.